The number of carbonyl (C=O) groups is 1. The van der Waals surface area contributed by atoms with Gasteiger partial charge in [0, 0.05) is 18.4 Å². The number of amides is 1. The lowest BCUT2D eigenvalue weighted by Gasteiger charge is -2.10. The van der Waals surface area contributed by atoms with Gasteiger partial charge in [-0.3, -0.25) is 4.98 Å². The molecule has 1 atom stereocenters. The quantitative estimate of drug-likeness (QED) is 0.736. The van der Waals surface area contributed by atoms with Gasteiger partial charge in [0.05, 0.1) is 0 Å². The molecule has 70 valence electrons. The fourth-order valence-corrected chi connectivity index (χ4v) is 1.13. The largest absolute Gasteiger partial charge is 0.465 e. The van der Waals surface area contributed by atoms with Crippen molar-refractivity contribution in [3.63, 3.8) is 0 Å². The van der Waals surface area contributed by atoms with Crippen molar-refractivity contribution >= 4 is 6.09 Å². The molecule has 13 heavy (non-hydrogen) atoms. The van der Waals surface area contributed by atoms with Crippen LogP contribution in [0.1, 0.15) is 12.5 Å². The summed E-state index contributed by atoms with van der Waals surface area (Å²) in [5.74, 6) is 0. The minimum Gasteiger partial charge on any atom is -0.465 e. The molecular formula is C9H12N2O2. The van der Waals surface area contributed by atoms with Gasteiger partial charge in [-0.05, 0) is 25.0 Å². The third kappa shape index (κ3) is 3.55. The van der Waals surface area contributed by atoms with Crippen molar-refractivity contribution in [2.45, 2.75) is 19.4 Å². The summed E-state index contributed by atoms with van der Waals surface area (Å²) in [5, 5.41) is 10.8. The summed E-state index contributed by atoms with van der Waals surface area (Å²) in [6, 6.07) is 3.68. The van der Waals surface area contributed by atoms with Crippen molar-refractivity contribution in [1.29, 1.82) is 0 Å². The molecule has 0 spiro atoms. The van der Waals surface area contributed by atoms with E-state index in [4.69, 9.17) is 5.11 Å². The maximum absolute atomic E-state index is 10.3. The fourth-order valence-electron chi connectivity index (χ4n) is 1.13. The first-order valence-electron chi connectivity index (χ1n) is 4.07. The normalized spacial score (nSPS) is 12.1. The molecule has 1 aromatic rings. The number of aromatic nitrogens is 1. The van der Waals surface area contributed by atoms with Crippen LogP contribution >= 0.6 is 0 Å². The van der Waals surface area contributed by atoms with Crippen LogP contribution in [0.2, 0.25) is 0 Å². The van der Waals surface area contributed by atoms with E-state index >= 15 is 0 Å². The third-order valence-electron chi connectivity index (χ3n) is 1.63. The highest BCUT2D eigenvalue weighted by Crippen LogP contribution is 2.00. The molecule has 4 heteroatoms. The second-order valence-electron chi connectivity index (χ2n) is 2.92. The Labute approximate surface area is 76.6 Å². The summed E-state index contributed by atoms with van der Waals surface area (Å²) >= 11 is 0. The minimum absolute atomic E-state index is 0.0818. The van der Waals surface area contributed by atoms with Crippen molar-refractivity contribution < 1.29 is 9.90 Å². The van der Waals surface area contributed by atoms with Gasteiger partial charge in [0.1, 0.15) is 0 Å². The molecule has 0 saturated carbocycles. The van der Waals surface area contributed by atoms with Crippen molar-refractivity contribution in [3.8, 4) is 0 Å². The monoisotopic (exact) mass is 180 g/mol. The van der Waals surface area contributed by atoms with Crippen LogP contribution in [0, 0.1) is 0 Å². The SMILES string of the molecule is C[C@H](Cc1cccnc1)NC(=O)O. The molecule has 0 bridgehead atoms. The molecule has 0 radical (unpaired) electrons. The second-order valence-corrected chi connectivity index (χ2v) is 2.92. The van der Waals surface area contributed by atoms with Crippen LogP contribution in [0.25, 0.3) is 0 Å². The lowest BCUT2D eigenvalue weighted by Crippen LogP contribution is -2.32. The molecule has 1 aromatic heterocycles. The third-order valence-corrected chi connectivity index (χ3v) is 1.63. The van der Waals surface area contributed by atoms with Crippen LogP contribution in [-0.2, 0) is 6.42 Å². The summed E-state index contributed by atoms with van der Waals surface area (Å²) in [5.41, 5.74) is 1.03. The first kappa shape index (κ1) is 9.51. The summed E-state index contributed by atoms with van der Waals surface area (Å²) in [4.78, 5) is 14.2. The number of hydrogen-bond acceptors (Lipinski definition) is 2. The molecule has 0 fully saturated rings. The number of hydrogen-bond donors (Lipinski definition) is 2. The van der Waals surface area contributed by atoms with Gasteiger partial charge in [0.25, 0.3) is 0 Å². The van der Waals surface area contributed by atoms with E-state index < -0.39 is 6.09 Å². The number of rotatable bonds is 3. The molecule has 1 rings (SSSR count). The van der Waals surface area contributed by atoms with Gasteiger partial charge < -0.3 is 10.4 Å². The van der Waals surface area contributed by atoms with E-state index in [1.54, 1.807) is 12.4 Å². The molecule has 2 N–H and O–H groups in total. The van der Waals surface area contributed by atoms with Crippen LogP contribution in [0.15, 0.2) is 24.5 Å². The highest BCUT2D eigenvalue weighted by molar-refractivity contribution is 5.64. The zero-order valence-corrected chi connectivity index (χ0v) is 7.40. The van der Waals surface area contributed by atoms with Gasteiger partial charge >= 0.3 is 6.09 Å². The molecular weight excluding hydrogens is 168 g/mol. The Hall–Kier alpha value is -1.58. The fraction of sp³-hybridized carbons (Fsp3) is 0.333. The summed E-state index contributed by atoms with van der Waals surface area (Å²) in [7, 11) is 0. The lowest BCUT2D eigenvalue weighted by molar-refractivity contribution is 0.190. The Morgan fingerprint density at radius 1 is 1.77 bits per heavy atom. The zero-order chi connectivity index (χ0) is 9.68. The van der Waals surface area contributed by atoms with Crippen LogP contribution in [0.5, 0.6) is 0 Å². The number of pyridine rings is 1. The van der Waals surface area contributed by atoms with E-state index in [0.717, 1.165) is 5.56 Å². The first-order chi connectivity index (χ1) is 6.18. The van der Waals surface area contributed by atoms with Crippen molar-refractivity contribution in [3.05, 3.63) is 30.1 Å². The van der Waals surface area contributed by atoms with Gasteiger partial charge in [-0.25, -0.2) is 4.79 Å². The molecule has 1 heterocycles. The average molecular weight is 180 g/mol. The predicted molar refractivity (Wildman–Crippen MR) is 48.6 cm³/mol. The van der Waals surface area contributed by atoms with Gasteiger partial charge in [-0.1, -0.05) is 6.07 Å². The summed E-state index contributed by atoms with van der Waals surface area (Å²) in [6.07, 6.45) is 3.11. The summed E-state index contributed by atoms with van der Waals surface area (Å²) < 4.78 is 0. The Kier molecular flexibility index (Phi) is 3.25. The van der Waals surface area contributed by atoms with Gasteiger partial charge in [-0.15, -0.1) is 0 Å². The number of nitrogens with one attached hydrogen (secondary N) is 1. The van der Waals surface area contributed by atoms with Crippen LogP contribution < -0.4 is 5.32 Å². The van der Waals surface area contributed by atoms with Crippen LogP contribution in [0.4, 0.5) is 4.79 Å². The number of carboxylic acid groups (broad SMARTS) is 1. The van der Waals surface area contributed by atoms with E-state index in [0.29, 0.717) is 6.42 Å². The van der Waals surface area contributed by atoms with E-state index in [-0.39, 0.29) is 6.04 Å². The number of nitrogens with zero attached hydrogens (tertiary/aromatic N) is 1. The molecule has 4 nitrogen and oxygen atoms in total. The highest BCUT2D eigenvalue weighted by atomic mass is 16.4. The molecule has 0 aromatic carbocycles. The van der Waals surface area contributed by atoms with Gasteiger partial charge in [0.15, 0.2) is 0 Å². The molecule has 0 saturated heterocycles. The van der Waals surface area contributed by atoms with Crippen LogP contribution in [0.3, 0.4) is 0 Å². The van der Waals surface area contributed by atoms with Crippen molar-refractivity contribution in [2.24, 2.45) is 0 Å². The topological polar surface area (TPSA) is 62.2 Å². The second kappa shape index (κ2) is 4.45. The lowest BCUT2D eigenvalue weighted by atomic mass is 10.1. The Balaban J connectivity index is 2.45. The van der Waals surface area contributed by atoms with Crippen molar-refractivity contribution in [2.75, 3.05) is 0 Å². The predicted octanol–water partition coefficient (Wildman–Crippen LogP) is 1.28. The molecule has 0 aliphatic heterocycles. The Morgan fingerprint density at radius 3 is 3.08 bits per heavy atom. The van der Waals surface area contributed by atoms with Crippen molar-refractivity contribution in [1.82, 2.24) is 10.3 Å². The van der Waals surface area contributed by atoms with Gasteiger partial charge in [0.2, 0.25) is 0 Å². The molecule has 0 unspecified atom stereocenters. The highest BCUT2D eigenvalue weighted by Gasteiger charge is 2.05. The summed E-state index contributed by atoms with van der Waals surface area (Å²) in [6.45, 7) is 1.82. The van der Waals surface area contributed by atoms with E-state index in [1.165, 1.54) is 0 Å². The molecule has 0 aliphatic rings. The zero-order valence-electron chi connectivity index (χ0n) is 7.40. The first-order valence-corrected chi connectivity index (χ1v) is 4.07. The van der Waals surface area contributed by atoms with Gasteiger partial charge in [-0.2, -0.15) is 0 Å². The molecule has 1 amide bonds. The smallest absolute Gasteiger partial charge is 0.404 e. The standard InChI is InChI=1S/C9H12N2O2/c1-7(11-9(12)13)5-8-3-2-4-10-6-8/h2-4,6-7,11H,5H2,1H3,(H,12,13)/t7-/m1/s1. The Morgan fingerprint density at radius 2 is 2.54 bits per heavy atom. The van der Waals surface area contributed by atoms with E-state index in [9.17, 15) is 4.79 Å². The maximum Gasteiger partial charge on any atom is 0.404 e. The minimum atomic E-state index is -0.989. The Bertz CT molecular complexity index is 274. The molecule has 0 aliphatic carbocycles. The van der Waals surface area contributed by atoms with E-state index in [1.807, 2.05) is 19.1 Å². The van der Waals surface area contributed by atoms with E-state index in [2.05, 4.69) is 10.3 Å². The maximum atomic E-state index is 10.3. The van der Waals surface area contributed by atoms with Crippen LogP contribution in [-0.4, -0.2) is 22.2 Å². The average Bonchev–Trinajstić information content (AvgIpc) is 2.04.